The van der Waals surface area contributed by atoms with Gasteiger partial charge in [-0.3, -0.25) is 23.7 Å². The van der Waals surface area contributed by atoms with Crippen LogP contribution in [0.4, 0.5) is 4.39 Å². The highest BCUT2D eigenvalue weighted by Crippen LogP contribution is 2.47. The van der Waals surface area contributed by atoms with Crippen molar-refractivity contribution in [1.82, 2.24) is 14.6 Å². The summed E-state index contributed by atoms with van der Waals surface area (Å²) in [6.45, 7) is 2.03. The van der Waals surface area contributed by atoms with Gasteiger partial charge < -0.3 is 19.1 Å². The topological polar surface area (TPSA) is 158 Å². The molecular formula is C21H27FN3O9P. The Kier molecular flexibility index (Phi) is 8.29. The zero-order valence-corrected chi connectivity index (χ0v) is 20.1. The van der Waals surface area contributed by atoms with Crippen molar-refractivity contribution < 1.29 is 37.4 Å². The fourth-order valence-corrected chi connectivity index (χ4v) is 5.08. The van der Waals surface area contributed by atoms with Crippen LogP contribution in [0.1, 0.15) is 26.5 Å². The van der Waals surface area contributed by atoms with Crippen molar-refractivity contribution in [2.45, 2.75) is 50.4 Å². The second kappa shape index (κ2) is 10.8. The smallest absolute Gasteiger partial charge is 0.459 e. The number of para-hydroxylation sites is 1. The third-order valence-electron chi connectivity index (χ3n) is 5.41. The number of alkyl halides is 1. The van der Waals surface area contributed by atoms with Crippen molar-refractivity contribution in [2.75, 3.05) is 13.7 Å². The molecule has 1 fully saturated rings. The maximum absolute atomic E-state index is 15.4. The minimum atomic E-state index is -4.29. The molecule has 1 aliphatic heterocycles. The summed E-state index contributed by atoms with van der Waals surface area (Å²) in [4.78, 5) is 37.5. The number of hydrogen-bond acceptors (Lipinski definition) is 9. The number of benzene rings is 1. The van der Waals surface area contributed by atoms with Crippen LogP contribution in [0.25, 0.3) is 0 Å². The maximum atomic E-state index is 15.4. The third kappa shape index (κ3) is 6.06. The molecule has 14 heteroatoms. The van der Waals surface area contributed by atoms with Gasteiger partial charge in [0, 0.05) is 12.3 Å². The molecule has 0 spiro atoms. The molecule has 2 heterocycles. The van der Waals surface area contributed by atoms with Crippen LogP contribution in [0.2, 0.25) is 0 Å². The molecule has 0 bridgehead atoms. The second-order valence-corrected chi connectivity index (χ2v) is 9.64. The number of ether oxygens (including phenoxy) is 2. The first kappa shape index (κ1) is 26.8. The number of nitrogens with one attached hydrogen (secondary N) is 2. The van der Waals surface area contributed by atoms with E-state index in [9.17, 15) is 24.1 Å². The van der Waals surface area contributed by atoms with E-state index in [0.29, 0.717) is 0 Å². The number of halogens is 1. The Hall–Kier alpha value is -2.83. The highest BCUT2D eigenvalue weighted by molar-refractivity contribution is 7.52. The molecule has 1 aliphatic rings. The van der Waals surface area contributed by atoms with Crippen LogP contribution in [-0.2, 0) is 23.4 Å². The van der Waals surface area contributed by atoms with Crippen molar-refractivity contribution in [2.24, 2.45) is 0 Å². The van der Waals surface area contributed by atoms with Gasteiger partial charge in [0.15, 0.2) is 11.9 Å². The monoisotopic (exact) mass is 515 g/mol. The van der Waals surface area contributed by atoms with E-state index in [1.165, 1.54) is 19.2 Å². The SMILES string of the molecule is CC[C@H](NP(=O)(OC[C@H]1O[C@@H](n2ccc(=O)[nH]c2=O)C(C)(F)[C@@H]1O)Oc1ccccc1)C(=O)OC. The number of aliphatic hydroxyl groups is 1. The van der Waals surface area contributed by atoms with Gasteiger partial charge in [-0.2, -0.15) is 5.09 Å². The number of carbonyl (C=O) groups is 1. The van der Waals surface area contributed by atoms with Crippen LogP contribution in [0.15, 0.2) is 52.2 Å². The molecule has 12 nitrogen and oxygen atoms in total. The van der Waals surface area contributed by atoms with Crippen LogP contribution in [-0.4, -0.2) is 58.3 Å². The predicted octanol–water partition coefficient (Wildman–Crippen LogP) is 1.27. The summed E-state index contributed by atoms with van der Waals surface area (Å²) in [5.74, 6) is -0.553. The Labute approximate surface area is 199 Å². The minimum Gasteiger partial charge on any atom is -0.468 e. The number of hydrogen-bond donors (Lipinski definition) is 3. The number of aliphatic hydroxyl groups excluding tert-OH is 1. The summed E-state index contributed by atoms with van der Waals surface area (Å²) >= 11 is 0. The maximum Gasteiger partial charge on any atom is 0.459 e. The Morgan fingerprint density at radius 1 is 1.34 bits per heavy atom. The zero-order valence-electron chi connectivity index (χ0n) is 19.3. The highest BCUT2D eigenvalue weighted by atomic mass is 31.2. The van der Waals surface area contributed by atoms with Gasteiger partial charge in [-0.25, -0.2) is 13.8 Å². The van der Waals surface area contributed by atoms with Crippen molar-refractivity contribution in [1.29, 1.82) is 0 Å². The van der Waals surface area contributed by atoms with Gasteiger partial charge in [-0.15, -0.1) is 0 Å². The minimum absolute atomic E-state index is 0.156. The summed E-state index contributed by atoms with van der Waals surface area (Å²) in [6.07, 6.45) is -3.59. The molecule has 1 aromatic heterocycles. The number of H-pyrrole nitrogens is 1. The lowest BCUT2D eigenvalue weighted by atomic mass is 9.98. The predicted molar refractivity (Wildman–Crippen MR) is 121 cm³/mol. The van der Waals surface area contributed by atoms with E-state index < -0.39 is 61.7 Å². The molecule has 1 saturated heterocycles. The first-order valence-electron chi connectivity index (χ1n) is 10.7. The zero-order chi connectivity index (χ0) is 25.8. The van der Waals surface area contributed by atoms with E-state index in [4.69, 9.17) is 18.5 Å². The van der Waals surface area contributed by atoms with E-state index in [1.807, 2.05) is 4.98 Å². The highest BCUT2D eigenvalue weighted by Gasteiger charge is 2.56. The van der Waals surface area contributed by atoms with Crippen molar-refractivity contribution >= 4 is 13.7 Å². The lowest BCUT2D eigenvalue weighted by Crippen LogP contribution is -2.44. The second-order valence-electron chi connectivity index (χ2n) is 7.95. The molecule has 0 radical (unpaired) electrons. The number of nitrogens with zero attached hydrogens (tertiary/aromatic N) is 1. The van der Waals surface area contributed by atoms with Crippen molar-refractivity contribution in [3.8, 4) is 5.75 Å². The average molecular weight is 515 g/mol. The normalized spacial score (nSPS) is 26.6. The summed E-state index contributed by atoms with van der Waals surface area (Å²) in [5, 5.41) is 13.1. The first-order valence-corrected chi connectivity index (χ1v) is 12.2. The molecule has 0 saturated carbocycles. The van der Waals surface area contributed by atoms with Crippen LogP contribution in [0.3, 0.4) is 0 Å². The van der Waals surface area contributed by atoms with Crippen molar-refractivity contribution in [3.05, 3.63) is 63.4 Å². The third-order valence-corrected chi connectivity index (χ3v) is 6.97. The molecule has 0 amide bonds. The van der Waals surface area contributed by atoms with Crippen LogP contribution in [0, 0.1) is 0 Å². The number of aromatic amines is 1. The van der Waals surface area contributed by atoms with Gasteiger partial charge in [0.25, 0.3) is 5.56 Å². The molecule has 35 heavy (non-hydrogen) atoms. The Morgan fingerprint density at radius 3 is 2.63 bits per heavy atom. The summed E-state index contributed by atoms with van der Waals surface area (Å²) in [6, 6.07) is 7.93. The van der Waals surface area contributed by atoms with Crippen LogP contribution in [0.5, 0.6) is 5.75 Å². The summed E-state index contributed by atoms with van der Waals surface area (Å²) in [7, 11) is -3.12. The van der Waals surface area contributed by atoms with Gasteiger partial charge in [-0.05, 0) is 25.5 Å². The summed E-state index contributed by atoms with van der Waals surface area (Å²) in [5.41, 5.74) is -4.11. The molecule has 3 rings (SSSR count). The molecule has 2 aromatic rings. The lowest BCUT2D eigenvalue weighted by molar-refractivity contribution is -0.142. The van der Waals surface area contributed by atoms with E-state index in [-0.39, 0.29) is 12.2 Å². The molecule has 3 N–H and O–H groups in total. The largest absolute Gasteiger partial charge is 0.468 e. The fraction of sp³-hybridized carbons (Fsp3) is 0.476. The van der Waals surface area contributed by atoms with E-state index >= 15 is 4.39 Å². The van der Waals surface area contributed by atoms with Gasteiger partial charge in [-0.1, -0.05) is 25.1 Å². The van der Waals surface area contributed by atoms with Crippen molar-refractivity contribution in [3.63, 3.8) is 0 Å². The number of methoxy groups -OCH3 is 1. The van der Waals surface area contributed by atoms with Gasteiger partial charge in [0.05, 0.1) is 13.7 Å². The van der Waals surface area contributed by atoms with Crippen LogP contribution < -0.4 is 20.9 Å². The number of esters is 1. The van der Waals surface area contributed by atoms with Gasteiger partial charge in [0.2, 0.25) is 0 Å². The Balaban J connectivity index is 1.82. The van der Waals surface area contributed by atoms with Gasteiger partial charge in [0.1, 0.15) is 24.0 Å². The Morgan fingerprint density at radius 2 is 2.03 bits per heavy atom. The number of rotatable bonds is 10. The average Bonchev–Trinajstić information content (AvgIpc) is 3.05. The molecule has 192 valence electrons. The first-order chi connectivity index (χ1) is 16.5. The molecule has 1 aromatic carbocycles. The quantitative estimate of drug-likeness (QED) is 0.311. The van der Waals surface area contributed by atoms with E-state index in [0.717, 1.165) is 23.8 Å². The molecule has 2 unspecified atom stereocenters. The lowest BCUT2D eigenvalue weighted by Gasteiger charge is -2.25. The van der Waals surface area contributed by atoms with E-state index in [1.54, 1.807) is 25.1 Å². The Bertz CT molecular complexity index is 1190. The number of aromatic nitrogens is 2. The molecule has 0 aliphatic carbocycles. The summed E-state index contributed by atoms with van der Waals surface area (Å²) < 4.78 is 50.9. The number of carbonyl (C=O) groups excluding carboxylic acids is 1. The van der Waals surface area contributed by atoms with E-state index in [2.05, 4.69) is 5.09 Å². The van der Waals surface area contributed by atoms with Gasteiger partial charge >= 0.3 is 19.4 Å². The molecule has 6 atom stereocenters. The standard InChI is InChI=1S/C21H27FN3O9P/c1-4-14(18(28)31-3)24-35(30,34-13-8-6-5-7-9-13)32-12-15-17(27)21(2,22)19(33-15)25-11-10-16(26)23-20(25)29/h5-11,14-15,17,19,27H,4,12H2,1-3H3,(H,24,30)(H,23,26,29)/t14-,15+,17+,19+,21?,35?/m0/s1. The molecular weight excluding hydrogens is 488 g/mol. The van der Waals surface area contributed by atoms with Crippen LogP contribution >= 0.6 is 7.75 Å². The fourth-order valence-electron chi connectivity index (χ4n) is 3.49.